The molecule has 0 radical (unpaired) electrons. The number of carbonyl (C=O) groups excluding carboxylic acids is 1. The minimum absolute atomic E-state index is 0.0796. The van der Waals surface area contributed by atoms with E-state index in [1.54, 1.807) is 12.1 Å². The summed E-state index contributed by atoms with van der Waals surface area (Å²) in [6, 6.07) is 27.2. The van der Waals surface area contributed by atoms with Crippen LogP contribution in [0.5, 0.6) is 0 Å². The monoisotopic (exact) mass is 477 g/mol. The Labute approximate surface area is 205 Å². The standard InChI is InChI=1S/C27H31N3O5/c28-23-24(29)26(33-17-20-12-6-2-7-13-20)35-22(25(23)32-16-19-10-4-1-5-11-19)18-34-27(31)30-21-14-8-3-9-15-21/h1-15,22-26H,16-18,28-29H2,(H,30,31)/t22-,23+,24-,25-,26-/m1/s1. The maximum atomic E-state index is 12.4. The van der Waals surface area contributed by atoms with Gasteiger partial charge in [0.05, 0.1) is 25.3 Å². The first-order valence-corrected chi connectivity index (χ1v) is 11.6. The van der Waals surface area contributed by atoms with Gasteiger partial charge in [0.15, 0.2) is 6.29 Å². The van der Waals surface area contributed by atoms with E-state index in [-0.39, 0.29) is 6.61 Å². The molecule has 5 N–H and O–H groups in total. The van der Waals surface area contributed by atoms with Gasteiger partial charge in [0.2, 0.25) is 0 Å². The van der Waals surface area contributed by atoms with E-state index in [0.717, 1.165) is 11.1 Å². The first-order valence-electron chi connectivity index (χ1n) is 11.6. The second-order valence-electron chi connectivity index (χ2n) is 8.34. The normalized spacial score (nSPS) is 24.0. The number of carbonyl (C=O) groups is 1. The Morgan fingerprint density at radius 3 is 1.91 bits per heavy atom. The molecule has 5 atom stereocenters. The summed E-state index contributed by atoms with van der Waals surface area (Å²) in [4.78, 5) is 12.4. The van der Waals surface area contributed by atoms with Crippen molar-refractivity contribution in [2.75, 3.05) is 11.9 Å². The molecular weight excluding hydrogens is 446 g/mol. The SMILES string of the molecule is N[C@H]1[C@H](OCc2ccccc2)O[C@H](COC(=O)Nc2ccccc2)[C@@H](OCc2ccccc2)[C@H]1N. The molecule has 0 aromatic heterocycles. The lowest BCUT2D eigenvalue weighted by molar-refractivity contribution is -0.255. The molecule has 1 fully saturated rings. The Morgan fingerprint density at radius 1 is 0.771 bits per heavy atom. The van der Waals surface area contributed by atoms with Gasteiger partial charge in [-0.25, -0.2) is 4.79 Å². The molecule has 35 heavy (non-hydrogen) atoms. The number of amides is 1. The second-order valence-corrected chi connectivity index (χ2v) is 8.34. The quantitative estimate of drug-likeness (QED) is 0.432. The van der Waals surface area contributed by atoms with Crippen LogP contribution in [0.25, 0.3) is 0 Å². The van der Waals surface area contributed by atoms with Crippen molar-refractivity contribution in [1.29, 1.82) is 0 Å². The van der Waals surface area contributed by atoms with Gasteiger partial charge in [0.1, 0.15) is 18.8 Å². The smallest absolute Gasteiger partial charge is 0.411 e. The van der Waals surface area contributed by atoms with Gasteiger partial charge in [-0.2, -0.15) is 0 Å². The van der Waals surface area contributed by atoms with Gasteiger partial charge in [-0.15, -0.1) is 0 Å². The Hall–Kier alpha value is -3.27. The Kier molecular flexibility index (Phi) is 8.83. The number of hydrogen-bond acceptors (Lipinski definition) is 7. The number of ether oxygens (including phenoxy) is 4. The minimum Gasteiger partial charge on any atom is -0.446 e. The van der Waals surface area contributed by atoms with E-state index in [1.807, 2.05) is 78.9 Å². The highest BCUT2D eigenvalue weighted by Crippen LogP contribution is 2.24. The molecule has 1 aliphatic rings. The van der Waals surface area contributed by atoms with Crippen molar-refractivity contribution in [3.8, 4) is 0 Å². The summed E-state index contributed by atoms with van der Waals surface area (Å²) in [5.41, 5.74) is 15.5. The number of benzene rings is 3. The molecule has 3 aromatic carbocycles. The summed E-state index contributed by atoms with van der Waals surface area (Å²) in [5, 5.41) is 2.69. The molecule has 8 nitrogen and oxygen atoms in total. The fourth-order valence-electron chi connectivity index (χ4n) is 3.84. The van der Waals surface area contributed by atoms with E-state index in [4.69, 9.17) is 30.4 Å². The Morgan fingerprint density at radius 2 is 1.31 bits per heavy atom. The predicted molar refractivity (Wildman–Crippen MR) is 132 cm³/mol. The van der Waals surface area contributed by atoms with Gasteiger partial charge in [0.25, 0.3) is 0 Å². The average molecular weight is 478 g/mol. The van der Waals surface area contributed by atoms with E-state index in [9.17, 15) is 4.79 Å². The number of nitrogens with one attached hydrogen (secondary N) is 1. The van der Waals surface area contributed by atoms with Crippen LogP contribution < -0.4 is 16.8 Å². The van der Waals surface area contributed by atoms with E-state index >= 15 is 0 Å². The van der Waals surface area contributed by atoms with E-state index in [0.29, 0.717) is 18.9 Å². The van der Waals surface area contributed by atoms with Gasteiger partial charge in [-0.1, -0.05) is 78.9 Å². The molecule has 0 aliphatic carbocycles. The van der Waals surface area contributed by atoms with Crippen molar-refractivity contribution in [2.24, 2.45) is 11.5 Å². The topological polar surface area (TPSA) is 118 Å². The number of nitrogens with two attached hydrogens (primary N) is 2. The zero-order valence-corrected chi connectivity index (χ0v) is 19.4. The molecule has 4 rings (SSSR count). The first-order chi connectivity index (χ1) is 17.1. The summed E-state index contributed by atoms with van der Waals surface area (Å²) >= 11 is 0. The fraction of sp³-hybridized carbons (Fsp3) is 0.296. The average Bonchev–Trinajstić information content (AvgIpc) is 2.90. The van der Waals surface area contributed by atoms with Crippen molar-refractivity contribution >= 4 is 11.8 Å². The van der Waals surface area contributed by atoms with Gasteiger partial charge in [-0.05, 0) is 23.3 Å². The highest BCUT2D eigenvalue weighted by atomic mass is 16.7. The number of para-hydroxylation sites is 1. The third-order valence-corrected chi connectivity index (χ3v) is 5.75. The summed E-state index contributed by atoms with van der Waals surface area (Å²) in [7, 11) is 0. The van der Waals surface area contributed by atoms with Crippen LogP contribution in [-0.4, -0.2) is 43.3 Å². The van der Waals surface area contributed by atoms with Crippen LogP contribution in [0.15, 0.2) is 91.0 Å². The molecule has 0 saturated carbocycles. The lowest BCUT2D eigenvalue weighted by atomic mass is 9.95. The maximum Gasteiger partial charge on any atom is 0.411 e. The number of hydrogen-bond donors (Lipinski definition) is 3. The van der Waals surface area contributed by atoms with Crippen molar-refractivity contribution in [1.82, 2.24) is 0 Å². The largest absolute Gasteiger partial charge is 0.446 e. The molecule has 0 spiro atoms. The molecule has 1 amide bonds. The maximum absolute atomic E-state index is 12.4. The molecule has 1 saturated heterocycles. The molecule has 3 aromatic rings. The van der Waals surface area contributed by atoms with Gasteiger partial charge >= 0.3 is 6.09 Å². The highest BCUT2D eigenvalue weighted by molar-refractivity contribution is 5.84. The summed E-state index contributed by atoms with van der Waals surface area (Å²) < 4.78 is 23.7. The minimum atomic E-state index is -0.785. The van der Waals surface area contributed by atoms with Crippen LogP contribution >= 0.6 is 0 Å². The molecule has 1 aliphatic heterocycles. The van der Waals surface area contributed by atoms with Crippen molar-refractivity contribution < 1.29 is 23.7 Å². The lowest BCUT2D eigenvalue weighted by Crippen LogP contribution is -2.66. The van der Waals surface area contributed by atoms with Crippen molar-refractivity contribution in [3.05, 3.63) is 102 Å². The zero-order chi connectivity index (χ0) is 24.5. The molecule has 8 heteroatoms. The third kappa shape index (κ3) is 7.11. The molecular formula is C27H31N3O5. The van der Waals surface area contributed by atoms with Crippen LogP contribution in [0.1, 0.15) is 11.1 Å². The van der Waals surface area contributed by atoms with Crippen LogP contribution in [-0.2, 0) is 32.2 Å². The van der Waals surface area contributed by atoms with Crippen LogP contribution in [0.3, 0.4) is 0 Å². The van der Waals surface area contributed by atoms with Crippen LogP contribution in [0.4, 0.5) is 10.5 Å². The van der Waals surface area contributed by atoms with Crippen LogP contribution in [0.2, 0.25) is 0 Å². The van der Waals surface area contributed by atoms with Crippen molar-refractivity contribution in [3.63, 3.8) is 0 Å². The molecule has 0 unspecified atom stereocenters. The Bertz CT molecular complexity index is 1040. The lowest BCUT2D eigenvalue weighted by Gasteiger charge is -2.43. The molecule has 1 heterocycles. The third-order valence-electron chi connectivity index (χ3n) is 5.75. The fourth-order valence-corrected chi connectivity index (χ4v) is 3.84. The second kappa shape index (κ2) is 12.4. The molecule has 184 valence electrons. The van der Waals surface area contributed by atoms with Crippen LogP contribution in [0, 0.1) is 0 Å². The van der Waals surface area contributed by atoms with Gasteiger partial charge in [-0.3, -0.25) is 5.32 Å². The number of anilines is 1. The van der Waals surface area contributed by atoms with E-state index in [1.165, 1.54) is 0 Å². The van der Waals surface area contributed by atoms with Crippen molar-refractivity contribution in [2.45, 2.75) is 43.8 Å². The van der Waals surface area contributed by atoms with E-state index < -0.39 is 36.7 Å². The highest BCUT2D eigenvalue weighted by Gasteiger charge is 2.44. The zero-order valence-electron chi connectivity index (χ0n) is 19.4. The molecule has 0 bridgehead atoms. The summed E-state index contributed by atoms with van der Waals surface area (Å²) in [6.45, 7) is 0.546. The summed E-state index contributed by atoms with van der Waals surface area (Å²) in [5.74, 6) is 0. The Balaban J connectivity index is 1.41. The number of rotatable bonds is 9. The van der Waals surface area contributed by atoms with Gasteiger partial charge in [0, 0.05) is 5.69 Å². The summed E-state index contributed by atoms with van der Waals surface area (Å²) in [6.07, 6.45) is -2.67. The predicted octanol–water partition coefficient (Wildman–Crippen LogP) is 3.42. The van der Waals surface area contributed by atoms with E-state index in [2.05, 4.69) is 5.32 Å². The first kappa shape index (κ1) is 24.8. The van der Waals surface area contributed by atoms with Gasteiger partial charge < -0.3 is 30.4 Å².